The Morgan fingerprint density at radius 3 is 1.74 bits per heavy atom. The van der Waals surface area contributed by atoms with E-state index in [0.717, 1.165) is 37.0 Å². The molecule has 0 aliphatic heterocycles. The van der Waals surface area contributed by atoms with E-state index in [0.29, 0.717) is 11.5 Å². The first-order chi connectivity index (χ1) is 14.7. The van der Waals surface area contributed by atoms with Gasteiger partial charge in [0.2, 0.25) is 0 Å². The molecule has 0 saturated heterocycles. The molecule has 1 aliphatic rings. The second-order valence-corrected chi connectivity index (χ2v) is 7.38. The van der Waals surface area contributed by atoms with Crippen molar-refractivity contribution in [1.82, 2.24) is 0 Å². The van der Waals surface area contributed by atoms with Crippen LogP contribution in [0, 0.1) is 29.1 Å². The van der Waals surface area contributed by atoms with Crippen LogP contribution < -0.4 is 4.74 Å². The molecule has 0 bridgehead atoms. The predicted octanol–water partition coefficient (Wildman–Crippen LogP) is 7.44. The van der Waals surface area contributed by atoms with Crippen LogP contribution in [0.5, 0.6) is 5.75 Å². The molecule has 0 spiro atoms. The Bertz CT molecular complexity index is 1080. The largest absolute Gasteiger partial charge is 0.432 e. The summed E-state index contributed by atoms with van der Waals surface area (Å²) in [7, 11) is 0. The maximum absolute atomic E-state index is 14.5. The minimum atomic E-state index is -4.61. The van der Waals surface area contributed by atoms with Gasteiger partial charge in [-0.3, -0.25) is 0 Å². The summed E-state index contributed by atoms with van der Waals surface area (Å²) in [6, 6.07) is 8.72. The summed E-state index contributed by atoms with van der Waals surface area (Å²) in [5, 5.41) is 0. The maximum atomic E-state index is 14.5. The third kappa shape index (κ3) is 4.11. The van der Waals surface area contributed by atoms with E-state index in [1.807, 2.05) is 12.1 Å². The molecule has 8 heteroatoms. The molecule has 3 aromatic rings. The lowest BCUT2D eigenvalue weighted by atomic mass is 9.80. The minimum absolute atomic E-state index is 0.0357. The van der Waals surface area contributed by atoms with Crippen molar-refractivity contribution in [2.75, 3.05) is 0 Å². The molecule has 1 nitrogen and oxygen atoms in total. The second-order valence-electron chi connectivity index (χ2n) is 7.38. The Morgan fingerprint density at radius 1 is 0.710 bits per heavy atom. The molecule has 4 rings (SSSR count). The van der Waals surface area contributed by atoms with Gasteiger partial charge in [0.25, 0.3) is 0 Å². The van der Waals surface area contributed by atoms with Gasteiger partial charge in [-0.05, 0) is 47.6 Å². The van der Waals surface area contributed by atoms with E-state index in [-0.39, 0.29) is 17.7 Å². The smallest absolute Gasteiger partial charge is 0.429 e. The molecule has 0 N–H and O–H groups in total. The van der Waals surface area contributed by atoms with Crippen molar-refractivity contribution in [2.24, 2.45) is 0 Å². The lowest BCUT2D eigenvalue weighted by Gasteiger charge is -2.25. The quantitative estimate of drug-likeness (QED) is 0.296. The van der Waals surface area contributed by atoms with Crippen LogP contribution in [0.2, 0.25) is 0 Å². The fourth-order valence-corrected chi connectivity index (χ4v) is 3.50. The first kappa shape index (κ1) is 21.2. The highest BCUT2D eigenvalue weighted by Crippen LogP contribution is 2.39. The van der Waals surface area contributed by atoms with E-state index >= 15 is 0 Å². The summed E-state index contributed by atoms with van der Waals surface area (Å²) in [5.41, 5.74) is -0.161. The third-order valence-electron chi connectivity index (χ3n) is 5.36. The van der Waals surface area contributed by atoms with Crippen molar-refractivity contribution in [3.8, 4) is 16.9 Å². The van der Waals surface area contributed by atoms with Crippen LogP contribution in [-0.2, 0) is 6.11 Å². The van der Waals surface area contributed by atoms with E-state index in [4.69, 9.17) is 0 Å². The first-order valence-corrected chi connectivity index (χ1v) is 9.47. The van der Waals surface area contributed by atoms with Gasteiger partial charge < -0.3 is 4.74 Å². The van der Waals surface area contributed by atoms with E-state index in [2.05, 4.69) is 4.74 Å². The molecule has 0 atom stereocenters. The molecule has 31 heavy (non-hydrogen) atoms. The molecule has 1 fully saturated rings. The van der Waals surface area contributed by atoms with Gasteiger partial charge in [-0.2, -0.15) is 8.78 Å². The SMILES string of the molecule is Fc1cc(OC(F)(F)c2c(F)cc(-c3ccc(C4CCC4)cc3)cc2F)cc(F)c1F. The number of hydrogen-bond donors (Lipinski definition) is 0. The van der Waals surface area contributed by atoms with Crippen molar-refractivity contribution >= 4 is 0 Å². The van der Waals surface area contributed by atoms with Crippen molar-refractivity contribution in [3.05, 3.63) is 88.7 Å². The zero-order valence-corrected chi connectivity index (χ0v) is 15.9. The molecule has 1 aliphatic carbocycles. The molecular formula is C23H15F7O. The zero-order chi connectivity index (χ0) is 22.3. The summed E-state index contributed by atoms with van der Waals surface area (Å²) in [6.07, 6.45) is -1.31. The second kappa shape index (κ2) is 7.90. The van der Waals surface area contributed by atoms with Crippen molar-refractivity contribution < 1.29 is 35.5 Å². The number of halogens is 7. The normalized spacial score (nSPS) is 14.4. The monoisotopic (exact) mass is 440 g/mol. The van der Waals surface area contributed by atoms with Gasteiger partial charge in [0, 0.05) is 12.1 Å². The lowest BCUT2D eigenvalue weighted by molar-refractivity contribution is -0.189. The van der Waals surface area contributed by atoms with Crippen molar-refractivity contribution in [3.63, 3.8) is 0 Å². The van der Waals surface area contributed by atoms with E-state index in [9.17, 15) is 30.7 Å². The van der Waals surface area contributed by atoms with Gasteiger partial charge in [-0.25, -0.2) is 22.0 Å². The summed E-state index contributed by atoms with van der Waals surface area (Å²) in [5.74, 6) is -9.34. The van der Waals surface area contributed by atoms with Gasteiger partial charge in [-0.15, -0.1) is 0 Å². The van der Waals surface area contributed by atoms with Crippen LogP contribution in [0.25, 0.3) is 11.1 Å². The molecular weight excluding hydrogens is 425 g/mol. The summed E-state index contributed by atoms with van der Waals surface area (Å²) in [6.45, 7) is 0. The molecule has 3 aromatic carbocycles. The summed E-state index contributed by atoms with van der Waals surface area (Å²) >= 11 is 0. The van der Waals surface area contributed by atoms with Crippen LogP contribution in [0.1, 0.15) is 36.3 Å². The van der Waals surface area contributed by atoms with Crippen LogP contribution in [0.15, 0.2) is 48.5 Å². The highest BCUT2D eigenvalue weighted by atomic mass is 19.3. The van der Waals surface area contributed by atoms with Crippen LogP contribution in [0.3, 0.4) is 0 Å². The Hall–Kier alpha value is -3.03. The number of rotatable bonds is 5. The molecule has 162 valence electrons. The van der Waals surface area contributed by atoms with E-state index in [1.165, 1.54) is 0 Å². The third-order valence-corrected chi connectivity index (χ3v) is 5.36. The zero-order valence-electron chi connectivity index (χ0n) is 15.9. The number of ether oxygens (including phenoxy) is 1. The standard InChI is InChI=1S/C23H15F7O/c24-17-8-15(14-6-4-13(5-7-14)12-2-1-3-12)9-18(25)21(17)23(29,30)31-16-10-19(26)22(28)20(27)11-16/h4-12H,1-3H2. The Labute approximate surface area is 173 Å². The fraction of sp³-hybridized carbons (Fsp3) is 0.217. The molecule has 1 saturated carbocycles. The van der Waals surface area contributed by atoms with E-state index < -0.39 is 46.5 Å². The van der Waals surface area contributed by atoms with Gasteiger partial charge in [-0.1, -0.05) is 30.7 Å². The number of hydrogen-bond acceptors (Lipinski definition) is 1. The van der Waals surface area contributed by atoms with Crippen LogP contribution in [-0.4, -0.2) is 0 Å². The van der Waals surface area contributed by atoms with Gasteiger partial charge in [0.05, 0.1) is 0 Å². The van der Waals surface area contributed by atoms with Crippen molar-refractivity contribution in [1.29, 1.82) is 0 Å². The number of benzene rings is 3. The fourth-order valence-electron chi connectivity index (χ4n) is 3.50. The maximum Gasteiger partial charge on any atom is 0.432 e. The Morgan fingerprint density at radius 2 is 1.26 bits per heavy atom. The lowest BCUT2D eigenvalue weighted by Crippen LogP contribution is -2.25. The molecule has 0 amide bonds. The molecule has 0 radical (unpaired) electrons. The Kier molecular flexibility index (Phi) is 5.41. The van der Waals surface area contributed by atoms with Crippen LogP contribution in [0.4, 0.5) is 30.7 Å². The molecule has 0 aromatic heterocycles. The highest BCUT2D eigenvalue weighted by molar-refractivity contribution is 5.64. The van der Waals surface area contributed by atoms with E-state index in [1.54, 1.807) is 12.1 Å². The van der Waals surface area contributed by atoms with Crippen LogP contribution >= 0.6 is 0 Å². The first-order valence-electron chi connectivity index (χ1n) is 9.47. The average Bonchev–Trinajstić information content (AvgIpc) is 2.64. The minimum Gasteiger partial charge on any atom is -0.429 e. The molecule has 0 unspecified atom stereocenters. The summed E-state index contributed by atoms with van der Waals surface area (Å²) in [4.78, 5) is 0. The van der Waals surface area contributed by atoms with Crippen molar-refractivity contribution in [2.45, 2.75) is 31.3 Å². The average molecular weight is 440 g/mol. The predicted molar refractivity (Wildman–Crippen MR) is 99.2 cm³/mol. The van der Waals surface area contributed by atoms with Gasteiger partial charge >= 0.3 is 6.11 Å². The molecule has 0 heterocycles. The summed E-state index contributed by atoms with van der Waals surface area (Å²) < 4.78 is 101. The highest BCUT2D eigenvalue weighted by Gasteiger charge is 2.41. The van der Waals surface area contributed by atoms with Gasteiger partial charge in [0.15, 0.2) is 17.5 Å². The Balaban J connectivity index is 1.63. The van der Waals surface area contributed by atoms with Gasteiger partial charge in [0.1, 0.15) is 22.9 Å². The number of alkyl halides is 2. The topological polar surface area (TPSA) is 9.23 Å².